The molecule has 1 aliphatic rings. The summed E-state index contributed by atoms with van der Waals surface area (Å²) in [6.07, 6.45) is 8.86. The molecule has 0 atom stereocenters. The predicted molar refractivity (Wildman–Crippen MR) is 95.3 cm³/mol. The molecule has 4 rings (SSSR count). The number of rotatable bonds is 2. The molecule has 118 valence electrons. The van der Waals surface area contributed by atoms with Gasteiger partial charge in [0.15, 0.2) is 5.43 Å². The molecular weight excluding hydrogens is 300 g/mol. The van der Waals surface area contributed by atoms with Gasteiger partial charge in [0.25, 0.3) is 0 Å². The molecule has 3 heterocycles. The molecule has 0 spiro atoms. The molecule has 3 aromatic rings. The number of aliphatic imine (C=N–C) groups is 1. The molecule has 1 aromatic carbocycles. The fourth-order valence-electron chi connectivity index (χ4n) is 2.98. The molecule has 0 radical (unpaired) electrons. The third-order valence-corrected chi connectivity index (χ3v) is 4.15. The van der Waals surface area contributed by atoms with Gasteiger partial charge in [0.2, 0.25) is 0 Å². The van der Waals surface area contributed by atoms with Crippen molar-refractivity contribution in [3.8, 4) is 0 Å². The van der Waals surface area contributed by atoms with E-state index in [9.17, 15) is 4.79 Å². The van der Waals surface area contributed by atoms with Crippen LogP contribution in [0.15, 0.2) is 74.8 Å². The number of allylic oxidation sites excluding steroid dienone is 1. The highest BCUT2D eigenvalue weighted by molar-refractivity contribution is 6.15. The van der Waals surface area contributed by atoms with Gasteiger partial charge in [-0.25, -0.2) is 0 Å². The molecule has 0 unspecified atom stereocenters. The van der Waals surface area contributed by atoms with E-state index in [1.54, 1.807) is 24.5 Å². The smallest absolute Gasteiger partial charge is 0.199 e. The molecule has 0 amide bonds. The van der Waals surface area contributed by atoms with Crippen molar-refractivity contribution < 1.29 is 4.42 Å². The van der Waals surface area contributed by atoms with Gasteiger partial charge in [-0.15, -0.1) is 0 Å². The molecule has 0 N–H and O–H groups in total. The van der Waals surface area contributed by atoms with Gasteiger partial charge in [-0.05, 0) is 48.8 Å². The Morgan fingerprint density at radius 3 is 2.92 bits per heavy atom. The van der Waals surface area contributed by atoms with Gasteiger partial charge in [-0.3, -0.25) is 14.8 Å². The first kappa shape index (κ1) is 14.6. The van der Waals surface area contributed by atoms with Crippen LogP contribution in [0, 0.1) is 0 Å². The zero-order valence-corrected chi connectivity index (χ0v) is 13.1. The molecule has 24 heavy (non-hydrogen) atoms. The lowest BCUT2D eigenvalue weighted by atomic mass is 9.95. The highest BCUT2D eigenvalue weighted by atomic mass is 16.3. The van der Waals surface area contributed by atoms with Crippen LogP contribution >= 0.6 is 0 Å². The second kappa shape index (κ2) is 6.24. The molecule has 2 aromatic heterocycles. The Balaban J connectivity index is 1.82. The number of aromatic nitrogens is 1. The summed E-state index contributed by atoms with van der Waals surface area (Å²) >= 11 is 0. The number of hydrogen-bond acceptors (Lipinski definition) is 4. The van der Waals surface area contributed by atoms with E-state index < -0.39 is 0 Å². The normalized spacial score (nSPS) is 16.3. The van der Waals surface area contributed by atoms with Crippen LogP contribution in [0.3, 0.4) is 0 Å². The van der Waals surface area contributed by atoms with Gasteiger partial charge >= 0.3 is 0 Å². The van der Waals surface area contributed by atoms with Crippen molar-refractivity contribution in [3.05, 3.63) is 82.0 Å². The van der Waals surface area contributed by atoms with Crippen molar-refractivity contribution in [1.82, 2.24) is 4.98 Å². The number of para-hydroxylation sites is 1. The fraction of sp³-hybridized carbons (Fsp3) is 0.150. The van der Waals surface area contributed by atoms with E-state index in [1.165, 1.54) is 6.26 Å². The summed E-state index contributed by atoms with van der Waals surface area (Å²) in [5, 5.41) is 0.600. The van der Waals surface area contributed by atoms with Crippen LogP contribution in [0.5, 0.6) is 0 Å². The van der Waals surface area contributed by atoms with Crippen molar-refractivity contribution in [2.75, 3.05) is 6.54 Å². The SMILES string of the molecule is O=c1c(C=C2CCCN=C2c2cccnc2)coc2ccccc12. The van der Waals surface area contributed by atoms with Crippen LogP contribution in [-0.4, -0.2) is 17.2 Å². The first-order valence-corrected chi connectivity index (χ1v) is 7.99. The van der Waals surface area contributed by atoms with E-state index in [2.05, 4.69) is 9.98 Å². The minimum Gasteiger partial charge on any atom is -0.463 e. The summed E-state index contributed by atoms with van der Waals surface area (Å²) in [4.78, 5) is 21.5. The van der Waals surface area contributed by atoms with Crippen LogP contribution < -0.4 is 5.43 Å². The van der Waals surface area contributed by atoms with Crippen LogP contribution in [0.1, 0.15) is 24.0 Å². The van der Waals surface area contributed by atoms with Gasteiger partial charge in [-0.1, -0.05) is 12.1 Å². The maximum absolute atomic E-state index is 12.7. The number of benzene rings is 1. The first-order chi connectivity index (χ1) is 11.8. The summed E-state index contributed by atoms with van der Waals surface area (Å²) in [5.41, 5.74) is 4.10. The maximum Gasteiger partial charge on any atom is 0.199 e. The van der Waals surface area contributed by atoms with Crippen molar-refractivity contribution in [2.45, 2.75) is 12.8 Å². The monoisotopic (exact) mass is 316 g/mol. The third-order valence-electron chi connectivity index (χ3n) is 4.15. The topological polar surface area (TPSA) is 55.5 Å². The van der Waals surface area contributed by atoms with Gasteiger partial charge in [0.1, 0.15) is 11.8 Å². The Hall–Kier alpha value is -3.01. The summed E-state index contributed by atoms with van der Waals surface area (Å²) in [5.74, 6) is 0. The van der Waals surface area contributed by atoms with Gasteiger partial charge in [-0.2, -0.15) is 0 Å². The Kier molecular flexibility index (Phi) is 3.79. The van der Waals surface area contributed by atoms with E-state index in [-0.39, 0.29) is 5.43 Å². The Morgan fingerprint density at radius 1 is 1.12 bits per heavy atom. The van der Waals surface area contributed by atoms with E-state index in [1.807, 2.05) is 30.3 Å². The average molecular weight is 316 g/mol. The quantitative estimate of drug-likeness (QED) is 0.721. The predicted octanol–water partition coefficient (Wildman–Crippen LogP) is 3.85. The summed E-state index contributed by atoms with van der Waals surface area (Å²) < 4.78 is 5.61. The number of hydrogen-bond donors (Lipinski definition) is 0. The lowest BCUT2D eigenvalue weighted by Gasteiger charge is -2.16. The number of pyridine rings is 1. The van der Waals surface area contributed by atoms with E-state index in [4.69, 9.17) is 4.42 Å². The molecule has 0 saturated heterocycles. The van der Waals surface area contributed by atoms with Crippen molar-refractivity contribution in [1.29, 1.82) is 0 Å². The Bertz CT molecular complexity index is 1000. The lowest BCUT2D eigenvalue weighted by Crippen LogP contribution is -2.13. The Morgan fingerprint density at radius 2 is 2.04 bits per heavy atom. The van der Waals surface area contributed by atoms with E-state index in [0.717, 1.165) is 36.2 Å². The number of nitrogens with zero attached hydrogens (tertiary/aromatic N) is 2. The van der Waals surface area contributed by atoms with E-state index in [0.29, 0.717) is 16.5 Å². The molecule has 1 aliphatic heterocycles. The molecular formula is C20H16N2O2. The van der Waals surface area contributed by atoms with Gasteiger partial charge in [0.05, 0.1) is 16.7 Å². The molecule has 0 bridgehead atoms. The lowest BCUT2D eigenvalue weighted by molar-refractivity contribution is 0.601. The molecule has 4 heteroatoms. The minimum absolute atomic E-state index is 0.0135. The van der Waals surface area contributed by atoms with Crippen LogP contribution in [0.4, 0.5) is 0 Å². The van der Waals surface area contributed by atoms with Crippen LogP contribution in [0.2, 0.25) is 0 Å². The maximum atomic E-state index is 12.7. The van der Waals surface area contributed by atoms with E-state index >= 15 is 0 Å². The second-order valence-corrected chi connectivity index (χ2v) is 5.76. The third kappa shape index (κ3) is 2.67. The van der Waals surface area contributed by atoms with Gasteiger partial charge in [0, 0.05) is 24.5 Å². The zero-order valence-electron chi connectivity index (χ0n) is 13.1. The van der Waals surface area contributed by atoms with Crippen LogP contribution in [-0.2, 0) is 0 Å². The van der Waals surface area contributed by atoms with Crippen molar-refractivity contribution in [2.24, 2.45) is 4.99 Å². The standard InChI is InChI=1S/C20H16N2O2/c23-20-16(13-24-18-8-2-1-7-17(18)20)11-14-5-4-10-22-19(14)15-6-3-9-21-12-15/h1-3,6-9,11-13H,4-5,10H2. The highest BCUT2D eigenvalue weighted by Gasteiger charge is 2.15. The molecule has 0 aliphatic carbocycles. The van der Waals surface area contributed by atoms with Crippen LogP contribution in [0.25, 0.3) is 17.0 Å². The Labute approximate surface area is 139 Å². The first-order valence-electron chi connectivity index (χ1n) is 7.99. The summed E-state index contributed by atoms with van der Waals surface area (Å²) in [6.45, 7) is 0.799. The summed E-state index contributed by atoms with van der Waals surface area (Å²) in [7, 11) is 0. The van der Waals surface area contributed by atoms with Gasteiger partial charge < -0.3 is 4.42 Å². The van der Waals surface area contributed by atoms with Crippen molar-refractivity contribution in [3.63, 3.8) is 0 Å². The largest absolute Gasteiger partial charge is 0.463 e. The minimum atomic E-state index is -0.0135. The fourth-order valence-corrected chi connectivity index (χ4v) is 2.98. The van der Waals surface area contributed by atoms with Crippen molar-refractivity contribution >= 4 is 22.8 Å². The molecule has 0 saturated carbocycles. The highest BCUT2D eigenvalue weighted by Crippen LogP contribution is 2.22. The number of fused-ring (bicyclic) bond motifs is 1. The molecule has 4 nitrogen and oxygen atoms in total. The zero-order chi connectivity index (χ0) is 16.4. The average Bonchev–Trinajstić information content (AvgIpc) is 2.65. The second-order valence-electron chi connectivity index (χ2n) is 5.76. The summed E-state index contributed by atoms with van der Waals surface area (Å²) in [6, 6.07) is 11.2. The molecule has 0 fully saturated rings.